The molecule has 1 fully saturated rings. The van der Waals surface area contributed by atoms with Gasteiger partial charge in [-0.05, 0) is 47.0 Å². The number of aliphatic hydroxyl groups excluding tert-OH is 3. The first-order valence-electron chi connectivity index (χ1n) is 10.8. The van der Waals surface area contributed by atoms with Crippen molar-refractivity contribution in [2.24, 2.45) is 0 Å². The first-order chi connectivity index (χ1) is 14.2. The van der Waals surface area contributed by atoms with E-state index in [0.29, 0.717) is 12.8 Å². The van der Waals surface area contributed by atoms with Crippen LogP contribution in [0.1, 0.15) is 53.9 Å². The summed E-state index contributed by atoms with van der Waals surface area (Å²) in [6.45, 7) is 12.8. The summed E-state index contributed by atoms with van der Waals surface area (Å²) in [5.41, 5.74) is 0. The van der Waals surface area contributed by atoms with Crippen LogP contribution in [0.15, 0.2) is 37.0 Å². The SMILES string of the molecule is C=CC=CC(/C=C\CC)OC1OC(C)C(OC(C)OC(C)CCC(C)O)C(O)C1O. The van der Waals surface area contributed by atoms with E-state index in [2.05, 4.69) is 6.58 Å². The Morgan fingerprint density at radius 2 is 1.77 bits per heavy atom. The lowest BCUT2D eigenvalue weighted by atomic mass is 9.99. The molecule has 0 aliphatic carbocycles. The topological polar surface area (TPSA) is 97.6 Å². The Balaban J connectivity index is 2.67. The smallest absolute Gasteiger partial charge is 0.187 e. The van der Waals surface area contributed by atoms with Crippen LogP contribution >= 0.6 is 0 Å². The van der Waals surface area contributed by atoms with Crippen LogP contribution in [0.25, 0.3) is 0 Å². The molecule has 0 aromatic heterocycles. The molecule has 0 spiro atoms. The van der Waals surface area contributed by atoms with Gasteiger partial charge in [0, 0.05) is 0 Å². The molecule has 1 heterocycles. The van der Waals surface area contributed by atoms with Crippen molar-refractivity contribution >= 4 is 0 Å². The zero-order chi connectivity index (χ0) is 22.7. The zero-order valence-electron chi connectivity index (χ0n) is 18.9. The van der Waals surface area contributed by atoms with Gasteiger partial charge < -0.3 is 34.3 Å². The molecular formula is C23H40O7. The minimum absolute atomic E-state index is 0.115. The monoisotopic (exact) mass is 428 g/mol. The van der Waals surface area contributed by atoms with Gasteiger partial charge in [-0.2, -0.15) is 0 Å². The molecule has 1 saturated heterocycles. The Morgan fingerprint density at radius 3 is 2.37 bits per heavy atom. The van der Waals surface area contributed by atoms with Crippen LogP contribution in [0.5, 0.6) is 0 Å². The third-order valence-corrected chi connectivity index (χ3v) is 4.83. The molecule has 0 amide bonds. The molecule has 0 aromatic rings. The van der Waals surface area contributed by atoms with Gasteiger partial charge in [0.1, 0.15) is 18.3 Å². The second kappa shape index (κ2) is 14.1. The lowest BCUT2D eigenvalue weighted by Gasteiger charge is -2.42. The Labute approximate surface area is 181 Å². The molecule has 30 heavy (non-hydrogen) atoms. The zero-order valence-corrected chi connectivity index (χ0v) is 18.9. The van der Waals surface area contributed by atoms with Crippen molar-refractivity contribution in [3.05, 3.63) is 37.0 Å². The van der Waals surface area contributed by atoms with Crippen LogP contribution in [0, 0.1) is 0 Å². The summed E-state index contributed by atoms with van der Waals surface area (Å²) >= 11 is 0. The van der Waals surface area contributed by atoms with Crippen LogP contribution in [0.2, 0.25) is 0 Å². The van der Waals surface area contributed by atoms with Gasteiger partial charge in [-0.1, -0.05) is 43.9 Å². The van der Waals surface area contributed by atoms with Gasteiger partial charge in [0.05, 0.1) is 24.4 Å². The Hall–Kier alpha value is -1.06. The van der Waals surface area contributed by atoms with Crippen LogP contribution in [-0.4, -0.2) is 70.6 Å². The highest BCUT2D eigenvalue weighted by atomic mass is 16.7. The molecule has 0 aromatic carbocycles. The molecule has 0 saturated carbocycles. The van der Waals surface area contributed by atoms with Crippen molar-refractivity contribution in [3.8, 4) is 0 Å². The molecule has 1 aliphatic rings. The Bertz CT molecular complexity index is 534. The normalized spacial score (nSPS) is 31.7. The predicted molar refractivity (Wildman–Crippen MR) is 116 cm³/mol. The van der Waals surface area contributed by atoms with E-state index in [1.807, 2.05) is 26.0 Å². The van der Waals surface area contributed by atoms with Crippen molar-refractivity contribution in [3.63, 3.8) is 0 Å². The van der Waals surface area contributed by atoms with Crippen LogP contribution in [0.4, 0.5) is 0 Å². The molecule has 9 atom stereocenters. The maximum Gasteiger partial charge on any atom is 0.187 e. The summed E-state index contributed by atoms with van der Waals surface area (Å²) < 4.78 is 23.3. The quantitative estimate of drug-likeness (QED) is 0.236. The van der Waals surface area contributed by atoms with Crippen LogP contribution < -0.4 is 0 Å². The molecular weight excluding hydrogens is 388 g/mol. The van der Waals surface area contributed by atoms with E-state index < -0.39 is 43.1 Å². The summed E-state index contributed by atoms with van der Waals surface area (Å²) in [5.74, 6) is 0. The minimum Gasteiger partial charge on any atom is -0.393 e. The molecule has 0 radical (unpaired) electrons. The van der Waals surface area contributed by atoms with E-state index in [4.69, 9.17) is 18.9 Å². The van der Waals surface area contributed by atoms with Gasteiger partial charge >= 0.3 is 0 Å². The van der Waals surface area contributed by atoms with Crippen molar-refractivity contribution in [2.45, 2.75) is 109 Å². The summed E-state index contributed by atoms with van der Waals surface area (Å²) in [6, 6.07) is 0. The summed E-state index contributed by atoms with van der Waals surface area (Å²) in [4.78, 5) is 0. The molecule has 9 unspecified atom stereocenters. The fourth-order valence-electron chi connectivity index (χ4n) is 3.20. The van der Waals surface area contributed by atoms with Crippen molar-refractivity contribution in [1.82, 2.24) is 0 Å². The van der Waals surface area contributed by atoms with Gasteiger partial charge in [0.25, 0.3) is 0 Å². The van der Waals surface area contributed by atoms with Gasteiger partial charge in [-0.25, -0.2) is 0 Å². The highest BCUT2D eigenvalue weighted by Crippen LogP contribution is 2.27. The summed E-state index contributed by atoms with van der Waals surface area (Å²) in [7, 11) is 0. The fourth-order valence-corrected chi connectivity index (χ4v) is 3.20. The van der Waals surface area contributed by atoms with E-state index in [-0.39, 0.29) is 12.2 Å². The van der Waals surface area contributed by atoms with Crippen LogP contribution in [0.3, 0.4) is 0 Å². The van der Waals surface area contributed by atoms with E-state index in [9.17, 15) is 15.3 Å². The number of ether oxygens (including phenoxy) is 4. The predicted octanol–water partition coefficient (Wildman–Crippen LogP) is 2.84. The first kappa shape index (κ1) is 27.0. The molecule has 7 nitrogen and oxygen atoms in total. The van der Waals surface area contributed by atoms with Gasteiger partial charge in [-0.3, -0.25) is 0 Å². The number of hydrogen-bond donors (Lipinski definition) is 3. The number of allylic oxidation sites excluding steroid dienone is 3. The molecule has 1 aliphatic heterocycles. The second-order valence-electron chi connectivity index (χ2n) is 7.79. The van der Waals surface area contributed by atoms with Crippen molar-refractivity contribution in [1.29, 1.82) is 0 Å². The molecule has 1 rings (SSSR count). The maximum absolute atomic E-state index is 10.6. The van der Waals surface area contributed by atoms with Gasteiger partial charge in [0.2, 0.25) is 0 Å². The van der Waals surface area contributed by atoms with E-state index in [1.165, 1.54) is 0 Å². The van der Waals surface area contributed by atoms with Crippen molar-refractivity contribution in [2.75, 3.05) is 0 Å². The van der Waals surface area contributed by atoms with Gasteiger partial charge in [0.15, 0.2) is 12.6 Å². The minimum atomic E-state index is -1.28. The fraction of sp³-hybridized carbons (Fsp3) is 0.739. The second-order valence-corrected chi connectivity index (χ2v) is 7.79. The van der Waals surface area contributed by atoms with Crippen LogP contribution in [-0.2, 0) is 18.9 Å². The third kappa shape index (κ3) is 9.39. The highest BCUT2D eigenvalue weighted by molar-refractivity contribution is 5.08. The van der Waals surface area contributed by atoms with Gasteiger partial charge in [-0.15, -0.1) is 0 Å². The molecule has 0 bridgehead atoms. The Kier molecular flexibility index (Phi) is 12.7. The standard InChI is InChI=1S/C23H40O7/c1-7-9-11-19(12-10-8-2)30-23-21(26)20(25)22(17(5)28-23)29-18(6)27-16(4)14-13-15(3)24/h7,9-12,15-26H,1,8,13-14H2,2-6H3/b11-9?,12-10-. The lowest BCUT2D eigenvalue weighted by Crippen LogP contribution is -2.59. The molecule has 7 heteroatoms. The number of hydrogen-bond acceptors (Lipinski definition) is 7. The van der Waals surface area contributed by atoms with Crippen molar-refractivity contribution < 1.29 is 34.3 Å². The number of aliphatic hydroxyl groups is 3. The highest BCUT2D eigenvalue weighted by Gasteiger charge is 2.45. The average molecular weight is 429 g/mol. The lowest BCUT2D eigenvalue weighted by molar-refractivity contribution is -0.323. The largest absolute Gasteiger partial charge is 0.393 e. The average Bonchev–Trinajstić information content (AvgIpc) is 2.69. The molecule has 3 N–H and O–H groups in total. The maximum atomic E-state index is 10.6. The van der Waals surface area contributed by atoms with E-state index >= 15 is 0 Å². The van der Waals surface area contributed by atoms with E-state index in [1.54, 1.807) is 39.0 Å². The first-order valence-corrected chi connectivity index (χ1v) is 10.8. The summed E-state index contributed by atoms with van der Waals surface area (Å²) in [5, 5.41) is 30.6. The molecule has 174 valence electrons. The summed E-state index contributed by atoms with van der Waals surface area (Å²) in [6.07, 6.45) is 4.86. The Morgan fingerprint density at radius 1 is 1.07 bits per heavy atom. The third-order valence-electron chi connectivity index (χ3n) is 4.83. The van der Waals surface area contributed by atoms with E-state index in [0.717, 1.165) is 6.42 Å². The number of rotatable bonds is 13.